The van der Waals surface area contributed by atoms with Gasteiger partial charge in [0.1, 0.15) is 23.8 Å². The van der Waals surface area contributed by atoms with Gasteiger partial charge in [-0.2, -0.15) is 5.10 Å². The molecule has 0 amide bonds. The average Bonchev–Trinajstić information content (AvgIpc) is 2.64. The van der Waals surface area contributed by atoms with E-state index in [9.17, 15) is 13.6 Å². The van der Waals surface area contributed by atoms with Crippen molar-refractivity contribution < 1.29 is 13.6 Å². The molecule has 88 valence electrons. The fraction of sp³-hybridized carbons (Fsp3) is 0.182. The van der Waals surface area contributed by atoms with E-state index in [0.717, 1.165) is 12.1 Å². The second-order valence-electron chi connectivity index (χ2n) is 3.52. The Bertz CT molecular complexity index is 566. The van der Waals surface area contributed by atoms with E-state index in [1.54, 1.807) is 7.05 Å². The largest absolute Gasteiger partial charge is 0.294 e. The predicted molar refractivity (Wildman–Crippen MR) is 55.4 cm³/mol. The number of aromatic nitrogens is 3. The zero-order valence-electron chi connectivity index (χ0n) is 9.02. The molecule has 0 aliphatic heterocycles. The number of carbonyl (C=O) groups excluding carboxylic acids is 1. The van der Waals surface area contributed by atoms with Crippen molar-refractivity contribution in [2.24, 2.45) is 7.05 Å². The van der Waals surface area contributed by atoms with Gasteiger partial charge in [-0.3, -0.25) is 9.48 Å². The van der Waals surface area contributed by atoms with Crippen LogP contribution in [0.4, 0.5) is 8.78 Å². The maximum Gasteiger partial charge on any atom is 0.173 e. The highest BCUT2D eigenvalue weighted by molar-refractivity contribution is 5.97. The zero-order chi connectivity index (χ0) is 12.4. The second kappa shape index (κ2) is 4.40. The number of benzene rings is 1. The molecule has 1 heterocycles. The summed E-state index contributed by atoms with van der Waals surface area (Å²) < 4.78 is 27.4. The Hall–Kier alpha value is -2.11. The number of nitrogens with zero attached hydrogens (tertiary/aromatic N) is 3. The fourth-order valence-electron chi connectivity index (χ4n) is 1.43. The monoisotopic (exact) mass is 237 g/mol. The maximum atomic E-state index is 13.3. The first-order valence-electron chi connectivity index (χ1n) is 4.89. The van der Waals surface area contributed by atoms with E-state index in [4.69, 9.17) is 0 Å². The third-order valence-electron chi connectivity index (χ3n) is 2.36. The number of rotatable bonds is 3. The SMILES string of the molecule is Cn1ncnc1CC(=O)c1ccc(F)cc1F. The van der Waals surface area contributed by atoms with Crippen molar-refractivity contribution >= 4 is 5.78 Å². The van der Waals surface area contributed by atoms with E-state index in [1.807, 2.05) is 0 Å². The van der Waals surface area contributed by atoms with Crippen molar-refractivity contribution in [2.45, 2.75) is 6.42 Å². The van der Waals surface area contributed by atoms with E-state index in [0.29, 0.717) is 11.9 Å². The summed E-state index contributed by atoms with van der Waals surface area (Å²) in [5.41, 5.74) is -0.144. The smallest absolute Gasteiger partial charge is 0.173 e. The molecular formula is C11H9F2N3O. The van der Waals surface area contributed by atoms with Crippen LogP contribution in [0.1, 0.15) is 16.2 Å². The number of Topliss-reactive ketones (excluding diaryl/α,β-unsaturated/α-hetero) is 1. The molecule has 0 atom stereocenters. The number of hydrogen-bond donors (Lipinski definition) is 0. The van der Waals surface area contributed by atoms with Crippen molar-refractivity contribution in [3.8, 4) is 0 Å². The second-order valence-corrected chi connectivity index (χ2v) is 3.52. The van der Waals surface area contributed by atoms with Crippen LogP contribution in [0.15, 0.2) is 24.5 Å². The van der Waals surface area contributed by atoms with Crippen molar-refractivity contribution in [1.82, 2.24) is 14.8 Å². The molecule has 1 aromatic heterocycles. The quantitative estimate of drug-likeness (QED) is 0.760. The maximum absolute atomic E-state index is 13.3. The number of hydrogen-bond acceptors (Lipinski definition) is 3. The van der Waals surface area contributed by atoms with Gasteiger partial charge in [0.2, 0.25) is 0 Å². The van der Waals surface area contributed by atoms with Crippen molar-refractivity contribution in [3.05, 3.63) is 47.5 Å². The Kier molecular flexibility index (Phi) is 2.95. The zero-order valence-corrected chi connectivity index (χ0v) is 9.02. The van der Waals surface area contributed by atoms with Gasteiger partial charge in [-0.25, -0.2) is 13.8 Å². The van der Waals surface area contributed by atoms with E-state index in [1.165, 1.54) is 11.0 Å². The van der Waals surface area contributed by atoms with Crippen LogP contribution in [0.2, 0.25) is 0 Å². The van der Waals surface area contributed by atoms with Gasteiger partial charge in [-0.1, -0.05) is 0 Å². The van der Waals surface area contributed by atoms with Crippen LogP contribution in [0.3, 0.4) is 0 Å². The summed E-state index contributed by atoms with van der Waals surface area (Å²) in [6.07, 6.45) is 1.24. The van der Waals surface area contributed by atoms with E-state index >= 15 is 0 Å². The molecule has 2 aromatic rings. The van der Waals surface area contributed by atoms with Gasteiger partial charge in [0, 0.05) is 13.1 Å². The van der Waals surface area contributed by atoms with Crippen molar-refractivity contribution in [3.63, 3.8) is 0 Å². The molecule has 6 heteroatoms. The fourth-order valence-corrected chi connectivity index (χ4v) is 1.43. The van der Waals surface area contributed by atoms with Gasteiger partial charge >= 0.3 is 0 Å². The highest BCUT2D eigenvalue weighted by Crippen LogP contribution is 2.12. The molecule has 0 spiro atoms. The summed E-state index contributed by atoms with van der Waals surface area (Å²) >= 11 is 0. The molecule has 0 saturated heterocycles. The van der Waals surface area contributed by atoms with E-state index in [-0.39, 0.29) is 12.0 Å². The summed E-state index contributed by atoms with van der Waals surface area (Å²) in [5, 5.41) is 3.80. The highest BCUT2D eigenvalue weighted by atomic mass is 19.1. The van der Waals surface area contributed by atoms with Crippen LogP contribution < -0.4 is 0 Å². The molecule has 0 fully saturated rings. The molecule has 0 aliphatic carbocycles. The lowest BCUT2D eigenvalue weighted by atomic mass is 10.1. The molecule has 0 saturated carbocycles. The molecule has 0 aliphatic rings. The summed E-state index contributed by atoms with van der Waals surface area (Å²) in [4.78, 5) is 15.6. The minimum absolute atomic E-state index is 0.0704. The van der Waals surface area contributed by atoms with Gasteiger partial charge in [0.15, 0.2) is 5.78 Å². The van der Waals surface area contributed by atoms with Crippen LogP contribution in [-0.4, -0.2) is 20.5 Å². The van der Waals surface area contributed by atoms with Crippen LogP contribution in [0.25, 0.3) is 0 Å². The third kappa shape index (κ3) is 2.35. The number of ketones is 1. The summed E-state index contributed by atoms with van der Waals surface area (Å²) in [7, 11) is 1.64. The number of carbonyl (C=O) groups is 1. The molecule has 0 N–H and O–H groups in total. The lowest BCUT2D eigenvalue weighted by Gasteiger charge is -2.02. The van der Waals surface area contributed by atoms with E-state index < -0.39 is 17.4 Å². The lowest BCUT2D eigenvalue weighted by molar-refractivity contribution is 0.0985. The summed E-state index contributed by atoms with van der Waals surface area (Å²) in [6.45, 7) is 0. The first kappa shape index (κ1) is 11.4. The van der Waals surface area contributed by atoms with Crippen LogP contribution in [0, 0.1) is 11.6 Å². The van der Waals surface area contributed by atoms with Crippen LogP contribution in [0.5, 0.6) is 0 Å². The Morgan fingerprint density at radius 1 is 1.41 bits per heavy atom. The van der Waals surface area contributed by atoms with Crippen molar-refractivity contribution in [1.29, 1.82) is 0 Å². The van der Waals surface area contributed by atoms with Crippen molar-refractivity contribution in [2.75, 3.05) is 0 Å². The van der Waals surface area contributed by atoms with Gasteiger partial charge in [-0.15, -0.1) is 0 Å². The standard InChI is InChI=1S/C11H9F2N3O/c1-16-11(14-6-15-16)5-10(17)8-3-2-7(12)4-9(8)13/h2-4,6H,5H2,1H3. The molecule has 17 heavy (non-hydrogen) atoms. The van der Waals surface area contributed by atoms with Crippen LogP contribution in [-0.2, 0) is 13.5 Å². The van der Waals surface area contributed by atoms with E-state index in [2.05, 4.69) is 10.1 Å². The molecule has 4 nitrogen and oxygen atoms in total. The van der Waals surface area contributed by atoms with Crippen LogP contribution >= 0.6 is 0 Å². The van der Waals surface area contributed by atoms with Gasteiger partial charge in [-0.05, 0) is 12.1 Å². The number of halogens is 2. The highest BCUT2D eigenvalue weighted by Gasteiger charge is 2.15. The molecule has 1 aromatic carbocycles. The molecule has 0 radical (unpaired) electrons. The molecule has 0 unspecified atom stereocenters. The van der Waals surface area contributed by atoms with Gasteiger partial charge in [0.25, 0.3) is 0 Å². The Labute approximate surface area is 95.9 Å². The Morgan fingerprint density at radius 3 is 2.76 bits per heavy atom. The van der Waals surface area contributed by atoms with Gasteiger partial charge in [0.05, 0.1) is 12.0 Å². The Morgan fingerprint density at radius 2 is 2.18 bits per heavy atom. The normalized spacial score (nSPS) is 10.5. The molecule has 0 bridgehead atoms. The Balaban J connectivity index is 2.23. The first-order chi connectivity index (χ1) is 8.08. The molecular weight excluding hydrogens is 228 g/mol. The summed E-state index contributed by atoms with van der Waals surface area (Å²) in [6, 6.07) is 2.86. The lowest BCUT2D eigenvalue weighted by Crippen LogP contribution is -2.10. The molecule has 2 rings (SSSR count). The number of aryl methyl sites for hydroxylation is 1. The van der Waals surface area contributed by atoms with Gasteiger partial charge < -0.3 is 0 Å². The first-order valence-corrected chi connectivity index (χ1v) is 4.89. The summed E-state index contributed by atoms with van der Waals surface area (Å²) in [5.74, 6) is -1.60. The minimum Gasteiger partial charge on any atom is -0.294 e. The minimum atomic E-state index is -0.864. The topological polar surface area (TPSA) is 47.8 Å². The predicted octanol–water partition coefficient (Wildman–Crippen LogP) is 1.52. The average molecular weight is 237 g/mol. The third-order valence-corrected chi connectivity index (χ3v) is 2.36.